The van der Waals surface area contributed by atoms with Gasteiger partial charge in [-0.05, 0) is 51.4 Å². The predicted octanol–water partition coefficient (Wildman–Crippen LogP) is 6.57. The van der Waals surface area contributed by atoms with E-state index in [9.17, 15) is 0 Å². The molecule has 0 radical (unpaired) electrons. The van der Waals surface area contributed by atoms with E-state index in [-0.39, 0.29) is 0 Å². The lowest BCUT2D eigenvalue weighted by Gasteiger charge is -1.93. The van der Waals surface area contributed by atoms with Crippen LogP contribution in [0.1, 0.15) is 89.9 Å². The van der Waals surface area contributed by atoms with Gasteiger partial charge in [-0.25, -0.2) is 0 Å². The second kappa shape index (κ2) is 12.9. The molecule has 0 heteroatoms. The highest BCUT2D eigenvalue weighted by molar-refractivity contribution is 4.82. The molecule has 0 nitrogen and oxygen atoms in total. The van der Waals surface area contributed by atoms with Crippen LogP contribution in [-0.2, 0) is 0 Å². The minimum atomic E-state index is 1.32. The molecule has 104 valence electrons. The van der Waals surface area contributed by atoms with Crippen molar-refractivity contribution < 1.29 is 0 Å². The first-order chi connectivity index (χ1) is 9.00. The summed E-state index contributed by atoms with van der Waals surface area (Å²) in [6.07, 6.45) is 29.0. The van der Waals surface area contributed by atoms with Gasteiger partial charge in [-0.15, -0.1) is 0 Å². The van der Waals surface area contributed by atoms with Crippen molar-refractivity contribution in [2.24, 2.45) is 0 Å². The van der Waals surface area contributed by atoms with Crippen LogP contribution in [0, 0.1) is 0 Å². The van der Waals surface area contributed by atoms with Crippen molar-refractivity contribution in [3.05, 3.63) is 24.3 Å². The van der Waals surface area contributed by atoms with Crippen LogP contribution >= 0.6 is 0 Å². The molecule has 0 saturated carbocycles. The maximum absolute atomic E-state index is 2.34. The van der Waals surface area contributed by atoms with E-state index in [2.05, 4.69) is 24.3 Å². The van der Waals surface area contributed by atoms with Gasteiger partial charge in [-0.2, -0.15) is 0 Å². The van der Waals surface area contributed by atoms with E-state index in [0.29, 0.717) is 0 Å². The zero-order valence-electron chi connectivity index (χ0n) is 12.2. The first kappa shape index (κ1) is 15.5. The van der Waals surface area contributed by atoms with E-state index in [4.69, 9.17) is 0 Å². The normalized spacial score (nSPS) is 22.2. The Morgan fingerprint density at radius 3 is 0.778 bits per heavy atom. The Balaban J connectivity index is 0.000000180. The second-order valence-electron chi connectivity index (χ2n) is 5.63. The number of allylic oxidation sites excluding steroid dienone is 4. The second-order valence-corrected chi connectivity index (χ2v) is 5.63. The summed E-state index contributed by atoms with van der Waals surface area (Å²) in [5, 5.41) is 0. The highest BCUT2D eigenvalue weighted by Gasteiger charge is 1.91. The Morgan fingerprint density at radius 1 is 0.278 bits per heavy atom. The molecule has 2 aliphatic rings. The summed E-state index contributed by atoms with van der Waals surface area (Å²) in [5.41, 5.74) is 0. The Morgan fingerprint density at radius 2 is 0.500 bits per heavy atom. The molecule has 0 N–H and O–H groups in total. The van der Waals surface area contributed by atoms with Crippen LogP contribution in [0.15, 0.2) is 24.3 Å². The fraction of sp³-hybridized carbons (Fsp3) is 0.778. The summed E-state index contributed by atoms with van der Waals surface area (Å²) in [4.78, 5) is 0. The summed E-state index contributed by atoms with van der Waals surface area (Å²) in [6.45, 7) is 0. The topological polar surface area (TPSA) is 0 Å². The van der Waals surface area contributed by atoms with Crippen molar-refractivity contribution in [2.45, 2.75) is 89.9 Å². The van der Waals surface area contributed by atoms with E-state index in [0.717, 1.165) is 0 Å². The highest BCUT2D eigenvalue weighted by atomic mass is 14.0. The summed E-state index contributed by atoms with van der Waals surface area (Å²) in [6, 6.07) is 0. The third-order valence-corrected chi connectivity index (χ3v) is 3.82. The molecular formula is C18H32. The highest BCUT2D eigenvalue weighted by Crippen LogP contribution is 2.11. The molecule has 18 heavy (non-hydrogen) atoms. The molecule has 0 aromatic carbocycles. The van der Waals surface area contributed by atoms with Crippen LogP contribution in [0.2, 0.25) is 0 Å². The number of rotatable bonds is 0. The van der Waals surface area contributed by atoms with Gasteiger partial charge in [0.25, 0.3) is 0 Å². The lowest BCUT2D eigenvalue weighted by molar-refractivity contribution is 0.632. The van der Waals surface area contributed by atoms with Crippen LogP contribution < -0.4 is 0 Å². The van der Waals surface area contributed by atoms with Crippen molar-refractivity contribution in [2.75, 3.05) is 0 Å². The molecule has 0 aromatic heterocycles. The third kappa shape index (κ3) is 10.6. The lowest BCUT2D eigenvalue weighted by atomic mass is 10.1. The van der Waals surface area contributed by atoms with Gasteiger partial charge >= 0.3 is 0 Å². The number of hydrogen-bond donors (Lipinski definition) is 0. The van der Waals surface area contributed by atoms with Gasteiger partial charge in [0, 0.05) is 0 Å². The first-order valence-electron chi connectivity index (χ1n) is 8.30. The molecule has 2 aliphatic carbocycles. The fourth-order valence-electron chi connectivity index (χ4n) is 2.58. The van der Waals surface area contributed by atoms with E-state index >= 15 is 0 Å². The molecule has 2 rings (SSSR count). The Bertz CT molecular complexity index is 168. The summed E-state index contributed by atoms with van der Waals surface area (Å²) in [5.74, 6) is 0. The van der Waals surface area contributed by atoms with E-state index in [1.807, 2.05) is 0 Å². The van der Waals surface area contributed by atoms with Crippen LogP contribution in [0.4, 0.5) is 0 Å². The van der Waals surface area contributed by atoms with Crippen molar-refractivity contribution >= 4 is 0 Å². The average molecular weight is 248 g/mol. The van der Waals surface area contributed by atoms with Crippen molar-refractivity contribution in [1.29, 1.82) is 0 Å². The van der Waals surface area contributed by atoms with Crippen molar-refractivity contribution in [3.63, 3.8) is 0 Å². The summed E-state index contributed by atoms with van der Waals surface area (Å²) >= 11 is 0. The molecular weight excluding hydrogens is 216 g/mol. The fourth-order valence-corrected chi connectivity index (χ4v) is 2.58. The van der Waals surface area contributed by atoms with Gasteiger partial charge < -0.3 is 0 Å². The largest absolute Gasteiger partial charge is 0.0885 e. The molecule has 0 aliphatic heterocycles. The van der Waals surface area contributed by atoms with Gasteiger partial charge in [0.1, 0.15) is 0 Å². The molecule has 0 aromatic rings. The Hall–Kier alpha value is -0.520. The lowest BCUT2D eigenvalue weighted by Crippen LogP contribution is -1.74. The average Bonchev–Trinajstić information content (AvgIpc) is 2.65. The molecule has 0 amide bonds. The standard InChI is InChI=1S/2C9H16/c2*1-2-4-6-8-9-7-5-3-1/h2*1-2H,3-9H2. The zero-order chi connectivity index (χ0) is 12.7. The molecule has 0 spiro atoms. The molecule has 0 fully saturated rings. The molecule has 0 saturated heterocycles. The van der Waals surface area contributed by atoms with Gasteiger partial charge in [0.05, 0.1) is 0 Å². The Labute approximate surface area is 115 Å². The van der Waals surface area contributed by atoms with Crippen molar-refractivity contribution in [3.8, 4) is 0 Å². The Kier molecular flexibility index (Phi) is 11.2. The van der Waals surface area contributed by atoms with Crippen LogP contribution in [0.3, 0.4) is 0 Å². The van der Waals surface area contributed by atoms with Gasteiger partial charge in [-0.3, -0.25) is 0 Å². The minimum Gasteiger partial charge on any atom is -0.0885 e. The SMILES string of the molecule is C1=CCCCCCCC1.C1=CCCCCCCC1. The molecule has 0 unspecified atom stereocenters. The smallest absolute Gasteiger partial charge is 0.0351 e. The zero-order valence-corrected chi connectivity index (χ0v) is 12.2. The number of hydrogen-bond acceptors (Lipinski definition) is 0. The van der Waals surface area contributed by atoms with E-state index in [1.54, 1.807) is 0 Å². The van der Waals surface area contributed by atoms with E-state index < -0.39 is 0 Å². The van der Waals surface area contributed by atoms with Gasteiger partial charge in [0.15, 0.2) is 0 Å². The van der Waals surface area contributed by atoms with Gasteiger partial charge in [0.2, 0.25) is 0 Å². The first-order valence-corrected chi connectivity index (χ1v) is 8.30. The maximum Gasteiger partial charge on any atom is -0.0351 e. The third-order valence-electron chi connectivity index (χ3n) is 3.82. The predicted molar refractivity (Wildman–Crippen MR) is 82.9 cm³/mol. The van der Waals surface area contributed by atoms with Crippen molar-refractivity contribution in [1.82, 2.24) is 0 Å². The van der Waals surface area contributed by atoms with Crippen LogP contribution in [-0.4, -0.2) is 0 Å². The summed E-state index contributed by atoms with van der Waals surface area (Å²) < 4.78 is 0. The summed E-state index contributed by atoms with van der Waals surface area (Å²) in [7, 11) is 0. The van der Waals surface area contributed by atoms with Crippen LogP contribution in [0.25, 0.3) is 0 Å². The molecule has 0 heterocycles. The molecule has 0 bridgehead atoms. The van der Waals surface area contributed by atoms with Crippen LogP contribution in [0.5, 0.6) is 0 Å². The molecule has 0 atom stereocenters. The monoisotopic (exact) mass is 248 g/mol. The van der Waals surface area contributed by atoms with Gasteiger partial charge in [-0.1, -0.05) is 62.8 Å². The van der Waals surface area contributed by atoms with E-state index in [1.165, 1.54) is 89.9 Å². The maximum atomic E-state index is 2.34. The minimum absolute atomic E-state index is 1.32. The quantitative estimate of drug-likeness (QED) is 0.425.